The monoisotopic (exact) mass is 413 g/mol. The molecule has 4 nitrogen and oxygen atoms in total. The molecule has 0 aliphatic rings. The quantitative estimate of drug-likeness (QED) is 0.412. The summed E-state index contributed by atoms with van der Waals surface area (Å²) in [5, 5.41) is 13.7. The van der Waals surface area contributed by atoms with Crippen molar-refractivity contribution in [2.45, 2.75) is 64.0 Å². The van der Waals surface area contributed by atoms with Crippen LogP contribution in [0.15, 0.2) is 54.6 Å². The van der Waals surface area contributed by atoms with Gasteiger partial charge in [0.05, 0.1) is 19.8 Å². The lowest BCUT2D eigenvalue weighted by molar-refractivity contribution is 0.0321. The Bertz CT molecular complexity index is 685. The van der Waals surface area contributed by atoms with Crippen LogP contribution < -0.4 is 10.1 Å². The van der Waals surface area contributed by atoms with Gasteiger partial charge >= 0.3 is 0 Å². The third kappa shape index (κ3) is 10.2. The number of aliphatic hydroxyl groups is 1. The lowest BCUT2D eigenvalue weighted by Gasteiger charge is -2.28. The van der Waals surface area contributed by atoms with Gasteiger partial charge in [-0.25, -0.2) is 0 Å². The van der Waals surface area contributed by atoms with Gasteiger partial charge in [0.25, 0.3) is 0 Å². The first-order valence-electron chi connectivity index (χ1n) is 11.2. The summed E-state index contributed by atoms with van der Waals surface area (Å²) in [5.74, 6) is 0.869. The molecule has 0 amide bonds. The van der Waals surface area contributed by atoms with E-state index in [0.29, 0.717) is 13.2 Å². The van der Waals surface area contributed by atoms with Crippen LogP contribution >= 0.6 is 0 Å². The Balaban J connectivity index is 1.50. The Morgan fingerprint density at radius 2 is 1.60 bits per heavy atom. The third-order valence-electron chi connectivity index (χ3n) is 5.28. The van der Waals surface area contributed by atoms with Gasteiger partial charge in [-0.1, -0.05) is 55.3 Å². The van der Waals surface area contributed by atoms with Gasteiger partial charge in [-0.3, -0.25) is 0 Å². The molecule has 0 spiro atoms. The van der Waals surface area contributed by atoms with Crippen LogP contribution in [0.5, 0.6) is 5.75 Å². The molecule has 2 rings (SSSR count). The Kier molecular flexibility index (Phi) is 10.9. The van der Waals surface area contributed by atoms with E-state index in [2.05, 4.69) is 61.6 Å². The largest absolute Gasteiger partial charge is 0.497 e. The number of rotatable bonds is 15. The molecule has 0 aliphatic heterocycles. The lowest BCUT2D eigenvalue weighted by atomic mass is 9.94. The first-order valence-corrected chi connectivity index (χ1v) is 11.2. The number of benzene rings is 2. The Labute approximate surface area is 182 Å². The summed E-state index contributed by atoms with van der Waals surface area (Å²) in [4.78, 5) is 0. The molecule has 2 aromatic carbocycles. The van der Waals surface area contributed by atoms with Gasteiger partial charge in [0.2, 0.25) is 0 Å². The molecule has 2 aromatic rings. The summed E-state index contributed by atoms with van der Waals surface area (Å²) in [6.07, 6.45) is 6.22. The zero-order valence-electron chi connectivity index (χ0n) is 18.9. The number of methoxy groups -OCH3 is 1. The van der Waals surface area contributed by atoms with Crippen molar-refractivity contribution in [1.82, 2.24) is 5.32 Å². The highest BCUT2D eigenvalue weighted by Crippen LogP contribution is 2.17. The molecular weight excluding hydrogens is 374 g/mol. The summed E-state index contributed by atoms with van der Waals surface area (Å²) in [6.45, 7) is 5.94. The van der Waals surface area contributed by atoms with Crippen molar-refractivity contribution in [2.75, 3.05) is 26.9 Å². The van der Waals surface area contributed by atoms with E-state index >= 15 is 0 Å². The molecule has 0 heterocycles. The SMILES string of the molecule is COc1ccc(CC(C)(C)NCC(O)COCCCCCCc2ccccc2)cc1. The zero-order valence-corrected chi connectivity index (χ0v) is 18.9. The molecule has 0 radical (unpaired) electrons. The maximum Gasteiger partial charge on any atom is 0.118 e. The fourth-order valence-corrected chi connectivity index (χ4v) is 3.52. The average Bonchev–Trinajstić information content (AvgIpc) is 2.75. The molecule has 0 bridgehead atoms. The third-order valence-corrected chi connectivity index (χ3v) is 5.28. The van der Waals surface area contributed by atoms with Crippen molar-refractivity contribution in [3.8, 4) is 5.75 Å². The Hall–Kier alpha value is -1.88. The normalized spacial score (nSPS) is 12.7. The van der Waals surface area contributed by atoms with Crippen molar-refractivity contribution in [2.24, 2.45) is 0 Å². The van der Waals surface area contributed by atoms with E-state index in [0.717, 1.165) is 31.6 Å². The molecule has 1 unspecified atom stereocenters. The molecule has 2 N–H and O–H groups in total. The molecule has 4 heteroatoms. The second-order valence-electron chi connectivity index (χ2n) is 8.67. The second kappa shape index (κ2) is 13.4. The van der Waals surface area contributed by atoms with Crippen molar-refractivity contribution < 1.29 is 14.6 Å². The van der Waals surface area contributed by atoms with Crippen LogP contribution in [0.25, 0.3) is 0 Å². The summed E-state index contributed by atoms with van der Waals surface area (Å²) >= 11 is 0. The van der Waals surface area contributed by atoms with Crippen LogP contribution in [-0.4, -0.2) is 43.6 Å². The molecular formula is C26H39NO3. The molecule has 30 heavy (non-hydrogen) atoms. The van der Waals surface area contributed by atoms with Crippen molar-refractivity contribution in [3.05, 3.63) is 65.7 Å². The summed E-state index contributed by atoms with van der Waals surface area (Å²) in [6, 6.07) is 18.8. The topological polar surface area (TPSA) is 50.7 Å². The van der Waals surface area contributed by atoms with Crippen molar-refractivity contribution in [3.63, 3.8) is 0 Å². The maximum atomic E-state index is 10.2. The molecule has 0 saturated carbocycles. The fourth-order valence-electron chi connectivity index (χ4n) is 3.52. The standard InChI is InChI=1S/C26H39NO3/c1-26(2,19-23-14-16-25(29-3)17-15-23)27-20-24(28)21-30-18-10-5-4-7-11-22-12-8-6-9-13-22/h6,8-9,12-17,24,27-28H,4-5,7,10-11,18-21H2,1-3H3. The van der Waals surface area contributed by atoms with E-state index in [1.165, 1.54) is 30.4 Å². The molecule has 0 aromatic heterocycles. The van der Waals surface area contributed by atoms with Gasteiger partial charge in [0, 0.05) is 18.7 Å². The van der Waals surface area contributed by atoms with Gasteiger partial charge in [0.1, 0.15) is 5.75 Å². The minimum Gasteiger partial charge on any atom is -0.497 e. The molecule has 0 saturated heterocycles. The zero-order chi connectivity index (χ0) is 21.7. The maximum absolute atomic E-state index is 10.2. The van der Waals surface area contributed by atoms with Gasteiger partial charge in [-0.05, 0) is 62.8 Å². The number of unbranched alkanes of at least 4 members (excludes halogenated alkanes) is 3. The minimum atomic E-state index is -0.488. The van der Waals surface area contributed by atoms with E-state index in [4.69, 9.17) is 9.47 Å². The summed E-state index contributed by atoms with van der Waals surface area (Å²) < 4.78 is 10.9. The number of aliphatic hydroxyl groups excluding tert-OH is 1. The van der Waals surface area contributed by atoms with Crippen LogP contribution in [0.2, 0.25) is 0 Å². The Morgan fingerprint density at radius 3 is 2.30 bits per heavy atom. The van der Waals surface area contributed by atoms with Crippen LogP contribution in [0.4, 0.5) is 0 Å². The number of ether oxygens (including phenoxy) is 2. The Morgan fingerprint density at radius 1 is 0.900 bits per heavy atom. The highest BCUT2D eigenvalue weighted by Gasteiger charge is 2.19. The van der Waals surface area contributed by atoms with Gasteiger partial charge < -0.3 is 19.9 Å². The molecule has 166 valence electrons. The van der Waals surface area contributed by atoms with Crippen molar-refractivity contribution in [1.29, 1.82) is 0 Å². The number of β-amino-alcohol motifs (C(OH)–C–C–N with tert-alkyl or cyclic N) is 1. The van der Waals surface area contributed by atoms with Crippen LogP contribution in [0.1, 0.15) is 50.7 Å². The summed E-state index contributed by atoms with van der Waals surface area (Å²) in [7, 11) is 1.68. The predicted molar refractivity (Wildman–Crippen MR) is 124 cm³/mol. The van der Waals surface area contributed by atoms with Crippen LogP contribution in [-0.2, 0) is 17.6 Å². The molecule has 0 aliphatic carbocycles. The first kappa shape index (κ1) is 24.4. The second-order valence-corrected chi connectivity index (χ2v) is 8.67. The van der Waals surface area contributed by atoms with Crippen LogP contribution in [0, 0.1) is 0 Å². The molecule has 1 atom stereocenters. The lowest BCUT2D eigenvalue weighted by Crippen LogP contribution is -2.46. The number of nitrogens with one attached hydrogen (secondary N) is 1. The molecule has 0 fully saturated rings. The number of hydrogen-bond donors (Lipinski definition) is 2. The van der Waals surface area contributed by atoms with Crippen LogP contribution in [0.3, 0.4) is 0 Å². The predicted octanol–water partition coefficient (Wildman–Crippen LogP) is 4.79. The van der Waals surface area contributed by atoms with E-state index < -0.39 is 6.10 Å². The van der Waals surface area contributed by atoms with Gasteiger partial charge in [0.15, 0.2) is 0 Å². The van der Waals surface area contributed by atoms with Crippen molar-refractivity contribution >= 4 is 0 Å². The minimum absolute atomic E-state index is 0.103. The van der Waals surface area contributed by atoms with Gasteiger partial charge in [-0.2, -0.15) is 0 Å². The first-order chi connectivity index (χ1) is 14.5. The number of aryl methyl sites for hydroxylation is 1. The van der Waals surface area contributed by atoms with E-state index in [1.54, 1.807) is 7.11 Å². The average molecular weight is 414 g/mol. The highest BCUT2D eigenvalue weighted by molar-refractivity contribution is 5.28. The fraction of sp³-hybridized carbons (Fsp3) is 0.538. The highest BCUT2D eigenvalue weighted by atomic mass is 16.5. The van der Waals surface area contributed by atoms with Gasteiger partial charge in [-0.15, -0.1) is 0 Å². The van der Waals surface area contributed by atoms with E-state index in [9.17, 15) is 5.11 Å². The number of hydrogen-bond acceptors (Lipinski definition) is 4. The summed E-state index contributed by atoms with van der Waals surface area (Å²) in [5.41, 5.74) is 2.56. The van der Waals surface area contributed by atoms with E-state index in [1.807, 2.05) is 12.1 Å². The van der Waals surface area contributed by atoms with E-state index in [-0.39, 0.29) is 5.54 Å². The smallest absolute Gasteiger partial charge is 0.118 e.